The number of nitrogens with zero attached hydrogens (tertiary/aromatic N) is 1. The lowest BCUT2D eigenvalue weighted by Crippen LogP contribution is -2.40. The van der Waals surface area contributed by atoms with E-state index in [1.54, 1.807) is 7.11 Å². The number of hydrogen-bond acceptors (Lipinski definition) is 2. The van der Waals surface area contributed by atoms with Gasteiger partial charge < -0.3 is 4.74 Å². The summed E-state index contributed by atoms with van der Waals surface area (Å²) in [4.78, 5) is 2.57. The van der Waals surface area contributed by atoms with Crippen LogP contribution in [0.3, 0.4) is 0 Å². The molecular formula is C15H22ClNO. The molecule has 0 N–H and O–H groups in total. The highest BCUT2D eigenvalue weighted by atomic mass is 35.5. The van der Waals surface area contributed by atoms with Crippen LogP contribution in [-0.4, -0.2) is 30.5 Å². The molecule has 2 nitrogen and oxygen atoms in total. The third-order valence-corrected chi connectivity index (χ3v) is 3.96. The highest BCUT2D eigenvalue weighted by Crippen LogP contribution is 2.27. The minimum absolute atomic E-state index is 0.751. The first-order valence-corrected chi connectivity index (χ1v) is 7.30. The number of rotatable bonds is 7. The van der Waals surface area contributed by atoms with E-state index in [1.807, 2.05) is 6.07 Å². The van der Waals surface area contributed by atoms with Gasteiger partial charge in [0, 0.05) is 18.5 Å². The Morgan fingerprint density at radius 2 is 2.22 bits per heavy atom. The molecule has 0 aliphatic heterocycles. The van der Waals surface area contributed by atoms with Crippen molar-refractivity contribution in [2.24, 2.45) is 0 Å². The molecule has 1 aliphatic rings. The normalized spacial score (nSPS) is 15.7. The molecule has 0 aromatic heterocycles. The van der Waals surface area contributed by atoms with Gasteiger partial charge in [-0.15, -0.1) is 11.6 Å². The lowest BCUT2D eigenvalue weighted by Gasteiger charge is -2.37. The van der Waals surface area contributed by atoms with Gasteiger partial charge in [0.15, 0.2) is 0 Å². The average molecular weight is 268 g/mol. The Balaban J connectivity index is 1.97. The predicted molar refractivity (Wildman–Crippen MR) is 76.4 cm³/mol. The molecule has 0 atom stereocenters. The summed E-state index contributed by atoms with van der Waals surface area (Å²) in [5.74, 6) is 1.69. The van der Waals surface area contributed by atoms with Crippen molar-refractivity contribution in [2.75, 3.05) is 19.5 Å². The van der Waals surface area contributed by atoms with Crippen LogP contribution in [0.25, 0.3) is 0 Å². The molecule has 0 amide bonds. The average Bonchev–Trinajstić information content (AvgIpc) is 2.34. The Morgan fingerprint density at radius 1 is 1.39 bits per heavy atom. The van der Waals surface area contributed by atoms with Gasteiger partial charge in [0.1, 0.15) is 5.75 Å². The third-order valence-electron chi connectivity index (χ3n) is 3.69. The number of hydrogen-bond donors (Lipinski definition) is 0. The van der Waals surface area contributed by atoms with Gasteiger partial charge in [-0.1, -0.05) is 18.6 Å². The number of methoxy groups -OCH3 is 1. The summed E-state index contributed by atoms with van der Waals surface area (Å²) in [6.07, 6.45) is 5.13. The molecule has 1 aliphatic carbocycles. The summed E-state index contributed by atoms with van der Waals surface area (Å²) >= 11 is 5.82. The lowest BCUT2D eigenvalue weighted by molar-refractivity contribution is 0.120. The van der Waals surface area contributed by atoms with Gasteiger partial charge >= 0.3 is 0 Å². The van der Waals surface area contributed by atoms with E-state index in [2.05, 4.69) is 23.1 Å². The zero-order valence-electron chi connectivity index (χ0n) is 11.1. The van der Waals surface area contributed by atoms with Crippen molar-refractivity contribution in [3.63, 3.8) is 0 Å². The third kappa shape index (κ3) is 3.63. The van der Waals surface area contributed by atoms with Crippen molar-refractivity contribution >= 4 is 11.6 Å². The number of alkyl halides is 1. The van der Waals surface area contributed by atoms with Crippen molar-refractivity contribution < 1.29 is 4.74 Å². The summed E-state index contributed by atoms with van der Waals surface area (Å²) in [6.45, 7) is 2.12. The predicted octanol–water partition coefficient (Wildman–Crippen LogP) is 3.68. The maximum absolute atomic E-state index is 5.82. The van der Waals surface area contributed by atoms with Gasteiger partial charge in [0.05, 0.1) is 7.11 Å². The van der Waals surface area contributed by atoms with Crippen LogP contribution in [0.4, 0.5) is 0 Å². The zero-order valence-corrected chi connectivity index (χ0v) is 11.8. The fourth-order valence-electron chi connectivity index (χ4n) is 2.41. The maximum atomic E-state index is 5.82. The topological polar surface area (TPSA) is 12.5 Å². The molecule has 0 spiro atoms. The largest absolute Gasteiger partial charge is 0.497 e. The summed E-state index contributed by atoms with van der Waals surface area (Å²) in [5.41, 5.74) is 1.33. The van der Waals surface area contributed by atoms with Crippen LogP contribution in [0.1, 0.15) is 31.2 Å². The Labute approximate surface area is 115 Å². The maximum Gasteiger partial charge on any atom is 0.119 e. The first-order chi connectivity index (χ1) is 8.83. The molecule has 3 heteroatoms. The summed E-state index contributed by atoms with van der Waals surface area (Å²) in [7, 11) is 1.72. The molecule has 1 aromatic carbocycles. The highest BCUT2D eigenvalue weighted by molar-refractivity contribution is 6.17. The SMILES string of the molecule is COc1cccc(CN(CCCCl)C2CCC2)c1. The second kappa shape index (κ2) is 7.01. The zero-order chi connectivity index (χ0) is 12.8. The van der Waals surface area contributed by atoms with Crippen molar-refractivity contribution in [2.45, 2.75) is 38.3 Å². The van der Waals surface area contributed by atoms with Crippen LogP contribution < -0.4 is 4.74 Å². The molecular weight excluding hydrogens is 246 g/mol. The van der Waals surface area contributed by atoms with Crippen molar-refractivity contribution in [3.8, 4) is 5.75 Å². The molecule has 100 valence electrons. The fourth-order valence-corrected chi connectivity index (χ4v) is 2.53. The van der Waals surface area contributed by atoms with Gasteiger partial charge in [-0.2, -0.15) is 0 Å². The van der Waals surface area contributed by atoms with Gasteiger partial charge in [0.25, 0.3) is 0 Å². The molecule has 1 fully saturated rings. The monoisotopic (exact) mass is 267 g/mol. The van der Waals surface area contributed by atoms with E-state index in [-0.39, 0.29) is 0 Å². The molecule has 2 rings (SSSR count). The smallest absolute Gasteiger partial charge is 0.119 e. The first-order valence-electron chi connectivity index (χ1n) is 6.76. The molecule has 0 saturated heterocycles. The van der Waals surface area contributed by atoms with Crippen molar-refractivity contribution in [1.82, 2.24) is 4.90 Å². The van der Waals surface area contributed by atoms with Crippen molar-refractivity contribution in [3.05, 3.63) is 29.8 Å². The van der Waals surface area contributed by atoms with Crippen LogP contribution in [0.2, 0.25) is 0 Å². The second-order valence-electron chi connectivity index (χ2n) is 4.95. The Hall–Kier alpha value is -0.730. The Kier molecular flexibility index (Phi) is 5.33. The van der Waals surface area contributed by atoms with E-state index >= 15 is 0 Å². The fraction of sp³-hybridized carbons (Fsp3) is 0.600. The molecule has 1 aromatic rings. The molecule has 0 unspecified atom stereocenters. The second-order valence-corrected chi connectivity index (χ2v) is 5.33. The number of halogens is 1. The van der Waals surface area contributed by atoms with Gasteiger partial charge in [0.2, 0.25) is 0 Å². The minimum Gasteiger partial charge on any atom is -0.497 e. The summed E-state index contributed by atoms with van der Waals surface area (Å²) in [6, 6.07) is 9.13. The van der Waals surface area contributed by atoms with E-state index < -0.39 is 0 Å². The molecule has 0 heterocycles. The standard InChI is InChI=1S/C15H22ClNO/c1-18-15-8-2-5-13(11-15)12-17(10-4-9-16)14-6-3-7-14/h2,5,8,11,14H,3-4,6-7,9-10,12H2,1H3. The number of ether oxygens (including phenoxy) is 1. The van der Waals surface area contributed by atoms with Gasteiger partial charge in [-0.3, -0.25) is 4.90 Å². The van der Waals surface area contributed by atoms with E-state index in [0.29, 0.717) is 0 Å². The van der Waals surface area contributed by atoms with E-state index in [1.165, 1.54) is 24.8 Å². The van der Waals surface area contributed by atoms with Crippen LogP contribution in [-0.2, 0) is 6.54 Å². The van der Waals surface area contributed by atoms with Crippen molar-refractivity contribution in [1.29, 1.82) is 0 Å². The number of benzene rings is 1. The Morgan fingerprint density at radius 3 is 2.83 bits per heavy atom. The van der Waals surface area contributed by atoms with Crippen LogP contribution >= 0.6 is 11.6 Å². The quantitative estimate of drug-likeness (QED) is 0.699. The van der Waals surface area contributed by atoms with E-state index in [4.69, 9.17) is 16.3 Å². The van der Waals surface area contributed by atoms with Crippen LogP contribution in [0.15, 0.2) is 24.3 Å². The summed E-state index contributed by atoms with van der Waals surface area (Å²) < 4.78 is 5.28. The van der Waals surface area contributed by atoms with Crippen LogP contribution in [0, 0.1) is 0 Å². The van der Waals surface area contributed by atoms with Gasteiger partial charge in [-0.05, 0) is 43.5 Å². The van der Waals surface area contributed by atoms with E-state index in [9.17, 15) is 0 Å². The van der Waals surface area contributed by atoms with Crippen LogP contribution in [0.5, 0.6) is 5.75 Å². The first kappa shape index (κ1) is 13.7. The van der Waals surface area contributed by atoms with Gasteiger partial charge in [-0.25, -0.2) is 0 Å². The summed E-state index contributed by atoms with van der Waals surface area (Å²) in [5, 5.41) is 0. The molecule has 1 saturated carbocycles. The lowest BCUT2D eigenvalue weighted by atomic mass is 9.91. The highest BCUT2D eigenvalue weighted by Gasteiger charge is 2.24. The molecule has 0 bridgehead atoms. The molecule has 0 radical (unpaired) electrons. The minimum atomic E-state index is 0.751. The van der Waals surface area contributed by atoms with E-state index in [0.717, 1.165) is 37.2 Å². The molecule has 18 heavy (non-hydrogen) atoms. The Bertz CT molecular complexity index is 365.